The molecule has 5 rings (SSSR count). The number of benzene rings is 2. The van der Waals surface area contributed by atoms with Crippen LogP contribution < -0.4 is 5.32 Å². The van der Waals surface area contributed by atoms with E-state index in [9.17, 15) is 22.8 Å². The molecule has 39 heavy (non-hydrogen) atoms. The first-order valence-electron chi connectivity index (χ1n) is 11.9. The van der Waals surface area contributed by atoms with Crippen LogP contribution in [0.15, 0.2) is 89.6 Å². The van der Waals surface area contributed by atoms with Crippen molar-refractivity contribution < 1.29 is 31.7 Å². The van der Waals surface area contributed by atoms with Crippen LogP contribution in [-0.4, -0.2) is 54.5 Å². The molecule has 202 valence electrons. The van der Waals surface area contributed by atoms with Crippen molar-refractivity contribution in [1.29, 1.82) is 0 Å². The topological polar surface area (TPSA) is 119 Å². The highest BCUT2D eigenvalue weighted by molar-refractivity contribution is 8.00. The Morgan fingerprint density at radius 1 is 1.03 bits per heavy atom. The van der Waals surface area contributed by atoms with Gasteiger partial charge in [-0.3, -0.25) is 14.5 Å². The Bertz CT molecular complexity index is 1470. The molecule has 9 nitrogen and oxygen atoms in total. The summed E-state index contributed by atoms with van der Waals surface area (Å²) in [5, 5.41) is 3.98. The molecule has 1 unspecified atom stereocenters. The van der Waals surface area contributed by atoms with Crippen molar-refractivity contribution in [3.8, 4) is 0 Å². The lowest BCUT2D eigenvalue weighted by atomic mass is 10.0. The van der Waals surface area contributed by atoms with Crippen molar-refractivity contribution in [3.05, 3.63) is 106 Å². The third-order valence-corrected chi connectivity index (χ3v) is 8.67. The van der Waals surface area contributed by atoms with Gasteiger partial charge in [0, 0.05) is 4.88 Å². The number of fused-ring (bicyclic) bond motifs is 1. The molecule has 0 aliphatic carbocycles. The van der Waals surface area contributed by atoms with Crippen LogP contribution in [0.4, 0.5) is 0 Å². The normalized spacial score (nSPS) is 18.8. The number of hydrogen-bond acceptors (Lipinski definition) is 9. The van der Waals surface area contributed by atoms with Gasteiger partial charge in [-0.2, -0.15) is 8.42 Å². The first-order valence-corrected chi connectivity index (χ1v) is 15.7. The number of carbonyl (C=O) groups excluding carboxylic acids is 3. The quantitative estimate of drug-likeness (QED) is 0.231. The monoisotopic (exact) mass is 584 g/mol. The smallest absolute Gasteiger partial charge is 0.359 e. The third kappa shape index (κ3) is 6.02. The highest BCUT2D eigenvalue weighted by Gasteiger charge is 2.55. The maximum Gasteiger partial charge on any atom is 0.359 e. The van der Waals surface area contributed by atoms with Crippen LogP contribution in [0, 0.1) is 0 Å². The molecule has 1 fully saturated rings. The average molecular weight is 585 g/mol. The number of rotatable bonds is 9. The van der Waals surface area contributed by atoms with Gasteiger partial charge in [0.1, 0.15) is 11.4 Å². The van der Waals surface area contributed by atoms with Gasteiger partial charge in [0.2, 0.25) is 5.91 Å². The van der Waals surface area contributed by atoms with Gasteiger partial charge in [-0.1, -0.05) is 66.7 Å². The summed E-state index contributed by atoms with van der Waals surface area (Å²) in [5.74, 6) is -1.99. The second kappa shape index (κ2) is 11.2. The minimum atomic E-state index is -4.00. The minimum absolute atomic E-state index is 0.00934. The van der Waals surface area contributed by atoms with E-state index in [4.69, 9.17) is 8.92 Å². The molecular formula is C27H24N2O7S3. The zero-order valence-corrected chi connectivity index (χ0v) is 23.1. The molecule has 0 radical (unpaired) electrons. The lowest BCUT2D eigenvalue weighted by molar-refractivity contribution is -0.155. The molecule has 3 heterocycles. The molecule has 12 heteroatoms. The Kier molecular flexibility index (Phi) is 7.78. The number of β-lactam (4-membered cyclic amide) rings is 1. The molecule has 3 aromatic rings. The molecule has 0 bridgehead atoms. The number of esters is 1. The summed E-state index contributed by atoms with van der Waals surface area (Å²) in [6.07, 6.45) is 0.168. The average Bonchev–Trinajstić information content (AvgIpc) is 3.43. The number of amides is 2. The predicted molar refractivity (Wildman–Crippen MR) is 147 cm³/mol. The lowest BCUT2D eigenvalue weighted by Crippen LogP contribution is -2.70. The van der Waals surface area contributed by atoms with Crippen LogP contribution in [0.3, 0.4) is 0 Å². The minimum Gasteiger partial charge on any atom is -0.448 e. The van der Waals surface area contributed by atoms with Gasteiger partial charge < -0.3 is 14.2 Å². The van der Waals surface area contributed by atoms with Crippen LogP contribution in [-0.2, 0) is 39.8 Å². The number of nitrogens with one attached hydrogen (secondary N) is 1. The summed E-state index contributed by atoms with van der Waals surface area (Å²) in [6.45, 7) is 0. The molecule has 2 amide bonds. The Balaban J connectivity index is 1.42. The molecule has 2 atom stereocenters. The standard InChI is InChI=1S/C27H24N2O7S3/c1-39(33,34)36-20-16-38-26-22(28-21(30)15-19-13-8-14-37-19)25(31)29(26)23(20)27(32)35-24(17-9-4-2-5-10-17)18-11-6-3-7-12-18/h2-14,22,24,26H,15-16H2,1H3,(H,28,30)/t22?,26-/m1/s1. The van der Waals surface area contributed by atoms with Crippen LogP contribution in [0.2, 0.25) is 0 Å². The van der Waals surface area contributed by atoms with Crippen molar-refractivity contribution in [3.63, 3.8) is 0 Å². The summed E-state index contributed by atoms with van der Waals surface area (Å²) < 4.78 is 35.1. The van der Waals surface area contributed by atoms with Gasteiger partial charge in [0.25, 0.3) is 5.91 Å². The van der Waals surface area contributed by atoms with Crippen LogP contribution in [0.1, 0.15) is 22.1 Å². The lowest BCUT2D eigenvalue weighted by Gasteiger charge is -2.49. The summed E-state index contributed by atoms with van der Waals surface area (Å²) >= 11 is 2.63. The fraction of sp³-hybridized carbons (Fsp3) is 0.222. The van der Waals surface area contributed by atoms with Crippen LogP contribution in [0.5, 0.6) is 0 Å². The van der Waals surface area contributed by atoms with E-state index in [-0.39, 0.29) is 29.5 Å². The van der Waals surface area contributed by atoms with E-state index in [0.29, 0.717) is 11.1 Å². The number of carbonyl (C=O) groups is 3. The summed E-state index contributed by atoms with van der Waals surface area (Å²) in [7, 11) is -4.00. The van der Waals surface area contributed by atoms with Gasteiger partial charge in [-0.25, -0.2) is 4.79 Å². The zero-order valence-electron chi connectivity index (χ0n) is 20.7. The molecule has 0 saturated carbocycles. The number of ether oxygens (including phenoxy) is 1. The highest BCUT2D eigenvalue weighted by Crippen LogP contribution is 2.42. The van der Waals surface area contributed by atoms with Gasteiger partial charge in [0.05, 0.1) is 18.4 Å². The number of nitrogens with zero attached hydrogens (tertiary/aromatic N) is 1. The van der Waals surface area contributed by atoms with E-state index in [1.54, 1.807) is 24.3 Å². The molecular weight excluding hydrogens is 561 g/mol. The maximum absolute atomic E-state index is 13.7. The SMILES string of the molecule is CS(=O)(=O)OC1=C(C(=O)OC(c2ccccc2)c2ccccc2)N2C(=O)C(NC(=O)Cc3cccs3)[C@H]2SC1. The van der Waals surface area contributed by atoms with Gasteiger partial charge in [-0.15, -0.1) is 23.1 Å². The number of thiophene rings is 1. The van der Waals surface area contributed by atoms with E-state index in [1.165, 1.54) is 23.1 Å². The third-order valence-electron chi connectivity index (χ3n) is 6.04. The van der Waals surface area contributed by atoms with Crippen molar-refractivity contribution in [2.24, 2.45) is 0 Å². The first kappa shape index (κ1) is 27.0. The van der Waals surface area contributed by atoms with Gasteiger partial charge in [0.15, 0.2) is 17.6 Å². The van der Waals surface area contributed by atoms with Gasteiger partial charge in [-0.05, 0) is 22.6 Å². The number of hydrogen-bond donors (Lipinski definition) is 1. The molecule has 0 spiro atoms. The second-order valence-corrected chi connectivity index (χ2v) is 12.6. The molecule has 2 aromatic carbocycles. The predicted octanol–water partition coefficient (Wildman–Crippen LogP) is 3.21. The van der Waals surface area contributed by atoms with Crippen LogP contribution in [0.25, 0.3) is 0 Å². The highest BCUT2D eigenvalue weighted by atomic mass is 32.2. The van der Waals surface area contributed by atoms with E-state index < -0.39 is 39.5 Å². The van der Waals surface area contributed by atoms with E-state index in [1.807, 2.05) is 53.9 Å². The molecule has 2 aliphatic rings. The Labute approximate surface area is 233 Å². The Morgan fingerprint density at radius 3 is 2.23 bits per heavy atom. The largest absolute Gasteiger partial charge is 0.448 e. The number of thioether (sulfide) groups is 1. The van der Waals surface area contributed by atoms with E-state index >= 15 is 0 Å². The van der Waals surface area contributed by atoms with E-state index in [0.717, 1.165) is 16.0 Å². The first-order chi connectivity index (χ1) is 18.7. The van der Waals surface area contributed by atoms with Crippen molar-refractivity contribution in [1.82, 2.24) is 10.2 Å². The summed E-state index contributed by atoms with van der Waals surface area (Å²) in [6, 6.07) is 20.9. The van der Waals surface area contributed by atoms with Crippen molar-refractivity contribution in [2.75, 3.05) is 12.0 Å². The molecule has 2 aliphatic heterocycles. The second-order valence-electron chi connectivity index (χ2n) is 8.88. The Hall–Kier alpha value is -3.61. The molecule has 1 saturated heterocycles. The summed E-state index contributed by atoms with van der Waals surface area (Å²) in [4.78, 5) is 41.5. The fourth-order valence-corrected chi connectivity index (χ4v) is 6.90. The summed E-state index contributed by atoms with van der Waals surface area (Å²) in [5.41, 5.74) is 1.10. The zero-order chi connectivity index (χ0) is 27.6. The fourth-order valence-electron chi connectivity index (χ4n) is 4.37. The maximum atomic E-state index is 13.7. The van der Waals surface area contributed by atoms with Crippen LogP contribution >= 0.6 is 23.1 Å². The molecule has 1 N–H and O–H groups in total. The van der Waals surface area contributed by atoms with Crippen molar-refractivity contribution >= 4 is 51.0 Å². The van der Waals surface area contributed by atoms with E-state index in [2.05, 4.69) is 5.32 Å². The molecule has 1 aromatic heterocycles. The van der Waals surface area contributed by atoms with Gasteiger partial charge >= 0.3 is 16.1 Å². The van der Waals surface area contributed by atoms with Crippen molar-refractivity contribution in [2.45, 2.75) is 23.9 Å². The Morgan fingerprint density at radius 2 is 1.67 bits per heavy atom.